The summed E-state index contributed by atoms with van der Waals surface area (Å²) in [7, 11) is 0. The van der Waals surface area contributed by atoms with Gasteiger partial charge in [-0.05, 0) is 0 Å². The summed E-state index contributed by atoms with van der Waals surface area (Å²) in [4.78, 5) is 12.8. The number of carboxylic acids is 1. The van der Waals surface area contributed by atoms with Crippen molar-refractivity contribution in [2.75, 3.05) is 0 Å². The average molecular weight is 161 g/mol. The van der Waals surface area contributed by atoms with Crippen LogP contribution in [0.2, 0.25) is 0 Å². The van der Waals surface area contributed by atoms with Crippen LogP contribution in [0.1, 0.15) is 6.92 Å². The van der Waals surface area contributed by atoms with Gasteiger partial charge in [-0.15, -0.1) is 0 Å². The van der Waals surface area contributed by atoms with Gasteiger partial charge in [0.1, 0.15) is 0 Å². The Kier molecular flexibility index (Phi) is 11.6. The molecule has 0 saturated heterocycles. The molecule has 11 heavy (non-hydrogen) atoms. The number of aromatic nitrogens is 1. The molecule has 3 nitrogen and oxygen atoms in total. The molecule has 0 spiro atoms. The molecule has 0 amide bonds. The van der Waals surface area contributed by atoms with Gasteiger partial charge in [0.2, 0.25) is 0 Å². The van der Waals surface area contributed by atoms with Crippen LogP contribution in [0, 0.1) is 6.07 Å². The fraction of sp³-hybridized carbons (Fsp3) is 0.143. The summed E-state index contributed by atoms with van der Waals surface area (Å²) in [6.07, 6.45) is 3.39. The Morgan fingerprint density at radius 1 is 1.45 bits per heavy atom. The molecule has 0 bridgehead atoms. The first-order valence-corrected chi connectivity index (χ1v) is 2.69. The van der Waals surface area contributed by atoms with Gasteiger partial charge in [0.15, 0.2) is 0 Å². The summed E-state index contributed by atoms with van der Waals surface area (Å²) in [6.45, 7) is 1.08. The first-order valence-electron chi connectivity index (χ1n) is 2.69. The first kappa shape index (κ1) is 13.2. The van der Waals surface area contributed by atoms with Crippen LogP contribution in [-0.2, 0) is 4.79 Å². The molecule has 0 fully saturated rings. The Labute approximate surface area is 87.8 Å². The molecule has 0 radical (unpaired) electrons. The number of carboxylic acid groups (broad SMARTS) is 1. The largest absolute Gasteiger partial charge is 1.00 e. The fourth-order valence-electron chi connectivity index (χ4n) is 0.277. The summed E-state index contributed by atoms with van der Waals surface area (Å²) >= 11 is 0. The molecule has 4 heteroatoms. The number of pyridine rings is 1. The van der Waals surface area contributed by atoms with Crippen molar-refractivity contribution in [2.24, 2.45) is 0 Å². The van der Waals surface area contributed by atoms with Crippen molar-refractivity contribution in [3.05, 3.63) is 30.6 Å². The van der Waals surface area contributed by atoms with Crippen LogP contribution in [0.3, 0.4) is 0 Å². The van der Waals surface area contributed by atoms with Gasteiger partial charge in [0.05, 0.1) is 0 Å². The quantitative estimate of drug-likeness (QED) is 0.353. The Morgan fingerprint density at radius 3 is 1.91 bits per heavy atom. The number of carbonyl (C=O) groups is 1. The normalized spacial score (nSPS) is 6.64. The monoisotopic (exact) mass is 161 g/mol. The van der Waals surface area contributed by atoms with Crippen molar-refractivity contribution in [1.82, 2.24) is 4.98 Å². The third kappa shape index (κ3) is 17.7. The fourth-order valence-corrected chi connectivity index (χ4v) is 0.277. The third-order valence-corrected chi connectivity index (χ3v) is 0.514. The first-order chi connectivity index (χ1) is 4.73. The Hall–Kier alpha value is -0.380. The van der Waals surface area contributed by atoms with Crippen LogP contribution in [-0.4, -0.2) is 16.1 Å². The molecule has 1 rings (SSSR count). The van der Waals surface area contributed by atoms with Gasteiger partial charge >= 0.3 is 29.6 Å². The maximum atomic E-state index is 9.00. The molecule has 0 aliphatic rings. The third-order valence-electron chi connectivity index (χ3n) is 0.514. The van der Waals surface area contributed by atoms with Gasteiger partial charge in [-0.1, -0.05) is 12.4 Å². The van der Waals surface area contributed by atoms with Crippen molar-refractivity contribution in [3.63, 3.8) is 0 Å². The van der Waals surface area contributed by atoms with Gasteiger partial charge < -0.3 is 10.1 Å². The van der Waals surface area contributed by atoms with Crippen molar-refractivity contribution in [2.45, 2.75) is 6.92 Å². The molecule has 1 N–H and O–H groups in total. The Morgan fingerprint density at radius 2 is 1.82 bits per heavy atom. The number of hydrogen-bond acceptors (Lipinski definition) is 2. The van der Waals surface area contributed by atoms with Crippen LogP contribution < -0.4 is 29.6 Å². The van der Waals surface area contributed by atoms with Crippen LogP contribution >= 0.6 is 0 Å². The van der Waals surface area contributed by atoms with Gasteiger partial charge in [-0.25, -0.2) is 0 Å². The number of aliphatic carboxylic acids is 1. The van der Waals surface area contributed by atoms with Gasteiger partial charge in [-0.2, -0.15) is 18.2 Å². The minimum atomic E-state index is -0.833. The second-order valence-electron chi connectivity index (χ2n) is 1.47. The molecule has 0 saturated carbocycles. The van der Waals surface area contributed by atoms with E-state index in [0.29, 0.717) is 0 Å². The summed E-state index contributed by atoms with van der Waals surface area (Å²) < 4.78 is 0. The van der Waals surface area contributed by atoms with E-state index in [1.807, 2.05) is 0 Å². The van der Waals surface area contributed by atoms with E-state index in [1.165, 1.54) is 0 Å². The average Bonchev–Trinajstić information content (AvgIpc) is 1.90. The maximum absolute atomic E-state index is 9.00. The van der Waals surface area contributed by atoms with Crippen LogP contribution in [0.5, 0.6) is 0 Å². The molecule has 0 atom stereocenters. The molecule has 1 aromatic heterocycles. The molecule has 1 aromatic rings. The summed E-state index contributed by atoms with van der Waals surface area (Å²) in [5, 5.41) is 7.42. The number of hydrogen-bond donors (Lipinski definition) is 1. The second kappa shape index (κ2) is 9.62. The zero-order valence-electron chi connectivity index (χ0n) is 6.61. The van der Waals surface area contributed by atoms with E-state index >= 15 is 0 Å². The molecular formula is C7H8NNaO2. The van der Waals surface area contributed by atoms with E-state index in [9.17, 15) is 0 Å². The second-order valence-corrected chi connectivity index (χ2v) is 1.47. The van der Waals surface area contributed by atoms with Crippen LogP contribution in [0.4, 0.5) is 0 Å². The Balaban J connectivity index is 0. The van der Waals surface area contributed by atoms with Gasteiger partial charge in [0.25, 0.3) is 5.97 Å². The molecule has 0 aliphatic carbocycles. The minimum Gasteiger partial charge on any atom is -0.481 e. The molecule has 0 aliphatic heterocycles. The summed E-state index contributed by atoms with van der Waals surface area (Å²) in [6, 6.07) is 6.36. The van der Waals surface area contributed by atoms with E-state index in [0.717, 1.165) is 6.92 Å². The molecule has 0 unspecified atom stereocenters. The smallest absolute Gasteiger partial charge is 0.481 e. The zero-order chi connectivity index (χ0) is 7.82. The predicted octanol–water partition coefficient (Wildman–Crippen LogP) is -2.02. The maximum Gasteiger partial charge on any atom is 1.00 e. The summed E-state index contributed by atoms with van der Waals surface area (Å²) in [5.74, 6) is -0.833. The molecule has 0 aromatic carbocycles. The van der Waals surface area contributed by atoms with Crippen molar-refractivity contribution < 1.29 is 39.5 Å². The van der Waals surface area contributed by atoms with Gasteiger partial charge in [-0.3, -0.25) is 4.79 Å². The van der Waals surface area contributed by atoms with Crippen molar-refractivity contribution in [3.8, 4) is 0 Å². The topological polar surface area (TPSA) is 50.2 Å². The van der Waals surface area contributed by atoms with E-state index in [-0.39, 0.29) is 29.6 Å². The van der Waals surface area contributed by atoms with Gasteiger partial charge in [0, 0.05) is 6.92 Å². The standard InChI is InChI=1S/C5H4N.C2H4O2.Na/c1-2-4-6-5-3-1;1-2(3)4;/h2-5H;1H3,(H,3,4);/q-1;;+1. The predicted molar refractivity (Wildman–Crippen MR) is 36.4 cm³/mol. The number of nitrogens with zero attached hydrogens (tertiary/aromatic N) is 1. The minimum absolute atomic E-state index is 0. The number of rotatable bonds is 0. The van der Waals surface area contributed by atoms with E-state index in [4.69, 9.17) is 9.90 Å². The zero-order valence-corrected chi connectivity index (χ0v) is 8.61. The Bertz CT molecular complexity index is 148. The van der Waals surface area contributed by atoms with Crippen LogP contribution in [0.25, 0.3) is 0 Å². The van der Waals surface area contributed by atoms with E-state index in [2.05, 4.69) is 11.1 Å². The summed E-state index contributed by atoms with van der Waals surface area (Å²) in [5.41, 5.74) is 0. The molecule has 1 heterocycles. The van der Waals surface area contributed by atoms with Crippen molar-refractivity contribution >= 4 is 5.97 Å². The SMILES string of the molecule is CC(=O)O.[Na+].[c-]1ccncc1. The molecular weight excluding hydrogens is 153 g/mol. The van der Waals surface area contributed by atoms with E-state index in [1.54, 1.807) is 24.5 Å². The van der Waals surface area contributed by atoms with Crippen molar-refractivity contribution in [1.29, 1.82) is 0 Å². The van der Waals surface area contributed by atoms with E-state index < -0.39 is 5.97 Å². The van der Waals surface area contributed by atoms with Crippen LogP contribution in [0.15, 0.2) is 24.5 Å². The molecule has 54 valence electrons.